The van der Waals surface area contributed by atoms with Gasteiger partial charge in [-0.3, -0.25) is 0 Å². The molecule has 0 amide bonds. The first-order valence-corrected chi connectivity index (χ1v) is 10.2. The molecule has 0 radical (unpaired) electrons. The second-order valence-corrected chi connectivity index (χ2v) is 8.82. The minimum Gasteiger partial charge on any atom is -0.323 e. The van der Waals surface area contributed by atoms with Gasteiger partial charge in [-0.05, 0) is 70.9 Å². The van der Waals surface area contributed by atoms with E-state index >= 15 is 0 Å². The van der Waals surface area contributed by atoms with Crippen LogP contribution in [0.5, 0.6) is 0 Å². The minimum absolute atomic E-state index is 0.238. The van der Waals surface area contributed by atoms with Gasteiger partial charge < -0.3 is 4.74 Å². The van der Waals surface area contributed by atoms with Crippen LogP contribution in [-0.2, 0) is 29.6 Å². The molecule has 4 fully saturated rings. The van der Waals surface area contributed by atoms with Gasteiger partial charge >= 0.3 is 5.97 Å². The summed E-state index contributed by atoms with van der Waals surface area (Å²) in [7, 11) is 0. The molecule has 4 aliphatic rings. The van der Waals surface area contributed by atoms with Gasteiger partial charge in [0.25, 0.3) is 0 Å². The van der Waals surface area contributed by atoms with Gasteiger partial charge in [-0.2, -0.15) is 0 Å². The van der Waals surface area contributed by atoms with Crippen molar-refractivity contribution in [2.45, 2.75) is 102 Å². The van der Waals surface area contributed by atoms with Crippen LogP contribution >= 0.6 is 0 Å². The van der Waals surface area contributed by atoms with Crippen LogP contribution in [0.4, 0.5) is 0 Å². The summed E-state index contributed by atoms with van der Waals surface area (Å²) in [6.07, 6.45) is 19.4. The van der Waals surface area contributed by atoms with Crippen molar-refractivity contribution >= 4 is 0 Å². The Balaban J connectivity index is 1.32. The van der Waals surface area contributed by atoms with Crippen LogP contribution in [0.15, 0.2) is 0 Å². The largest absolute Gasteiger partial charge is 0.346 e. The van der Waals surface area contributed by atoms with E-state index in [1.165, 1.54) is 83.5 Å². The van der Waals surface area contributed by atoms with E-state index in [2.05, 4.69) is 15.1 Å². The molecule has 0 N–H and O–H groups in total. The fourth-order valence-electron chi connectivity index (χ4n) is 4.97. The van der Waals surface area contributed by atoms with E-state index in [9.17, 15) is 0 Å². The number of hydrogen-bond acceptors (Lipinski definition) is 6. The van der Waals surface area contributed by atoms with Crippen molar-refractivity contribution in [3.63, 3.8) is 0 Å². The van der Waals surface area contributed by atoms with Gasteiger partial charge in [-0.25, -0.2) is 0 Å². The van der Waals surface area contributed by atoms with E-state index in [1.807, 2.05) is 0 Å². The SMILES string of the molecule is C1CCCC2(CCCCCC3(CC1)CC3)CCC1(OC2)OOOOO1. The maximum absolute atomic E-state index is 5.92. The van der Waals surface area contributed by atoms with Crippen molar-refractivity contribution in [2.24, 2.45) is 10.8 Å². The molecule has 2 saturated carbocycles. The van der Waals surface area contributed by atoms with E-state index in [1.54, 1.807) is 0 Å². The Morgan fingerprint density at radius 2 is 0.960 bits per heavy atom. The average Bonchev–Trinajstić information content (AvgIpc) is 3.40. The van der Waals surface area contributed by atoms with Gasteiger partial charge in [-0.1, -0.05) is 44.9 Å². The maximum atomic E-state index is 5.92. The second-order valence-electron chi connectivity index (χ2n) is 8.82. The lowest BCUT2D eigenvalue weighted by Gasteiger charge is -2.44. The Hall–Kier alpha value is -0.240. The van der Waals surface area contributed by atoms with Gasteiger partial charge in [0, 0.05) is 6.42 Å². The molecule has 0 aromatic carbocycles. The van der Waals surface area contributed by atoms with Crippen LogP contribution in [0, 0.1) is 10.8 Å². The van der Waals surface area contributed by atoms with Gasteiger partial charge in [0.2, 0.25) is 0 Å². The Morgan fingerprint density at radius 1 is 0.440 bits per heavy atom. The van der Waals surface area contributed by atoms with Crippen LogP contribution < -0.4 is 0 Å². The fraction of sp³-hybridized carbons (Fsp3) is 1.00. The van der Waals surface area contributed by atoms with Crippen LogP contribution in [0.3, 0.4) is 0 Å². The zero-order chi connectivity index (χ0) is 17.1. The first kappa shape index (κ1) is 18.1. The van der Waals surface area contributed by atoms with Gasteiger partial charge in [0.05, 0.1) is 6.61 Å². The molecule has 6 heteroatoms. The summed E-state index contributed by atoms with van der Waals surface area (Å²) in [6, 6.07) is 0. The summed E-state index contributed by atoms with van der Waals surface area (Å²) in [5, 5.41) is 13.0. The smallest absolute Gasteiger partial charge is 0.323 e. The number of hydrogen-bond donors (Lipinski definition) is 0. The van der Waals surface area contributed by atoms with E-state index in [-0.39, 0.29) is 5.41 Å². The Labute approximate surface area is 150 Å². The second kappa shape index (κ2) is 7.79. The summed E-state index contributed by atoms with van der Waals surface area (Å²) in [6.45, 7) is 0.629. The van der Waals surface area contributed by atoms with E-state index in [4.69, 9.17) is 14.5 Å². The van der Waals surface area contributed by atoms with Crippen molar-refractivity contribution in [3.05, 3.63) is 0 Å². The Bertz CT molecular complexity index is 420. The molecular formula is C19H32O6. The highest BCUT2D eigenvalue weighted by Crippen LogP contribution is 2.54. The zero-order valence-corrected chi connectivity index (χ0v) is 15.3. The zero-order valence-electron chi connectivity index (χ0n) is 15.3. The molecule has 2 saturated heterocycles. The standard InChI is InChI=1S/C19H32O6/c1-2-5-10-18(11-7-3-6-9-17(8-4-1)12-13-17)14-15-19(20-16-18)21-23-25-24-22-19/h1-16H2. The van der Waals surface area contributed by atoms with Crippen LogP contribution in [-0.4, -0.2) is 12.6 Å². The third-order valence-corrected chi connectivity index (χ3v) is 6.97. The predicted octanol–water partition coefficient (Wildman–Crippen LogP) is 5.28. The van der Waals surface area contributed by atoms with Crippen LogP contribution in [0.2, 0.25) is 0 Å². The lowest BCUT2D eigenvalue weighted by molar-refractivity contribution is -0.831. The normalized spacial score (nSPS) is 36.5. The molecular weight excluding hydrogens is 324 g/mol. The summed E-state index contributed by atoms with van der Waals surface area (Å²) < 4.78 is 5.92. The van der Waals surface area contributed by atoms with Crippen molar-refractivity contribution in [3.8, 4) is 0 Å². The third kappa shape index (κ3) is 4.54. The molecule has 6 nitrogen and oxygen atoms in total. The number of ether oxygens (including phenoxy) is 1. The topological polar surface area (TPSA) is 55.4 Å². The van der Waals surface area contributed by atoms with Gasteiger partial charge in [0.1, 0.15) is 0 Å². The van der Waals surface area contributed by atoms with Gasteiger partial charge in [0.15, 0.2) is 0 Å². The lowest BCUT2D eigenvalue weighted by atomic mass is 9.73. The molecule has 25 heavy (non-hydrogen) atoms. The first-order chi connectivity index (χ1) is 12.2. The molecule has 1 atom stereocenters. The van der Waals surface area contributed by atoms with Crippen molar-refractivity contribution < 1.29 is 29.6 Å². The number of rotatable bonds is 0. The molecule has 2 aliphatic heterocycles. The molecule has 1 unspecified atom stereocenters. The molecule has 0 bridgehead atoms. The summed E-state index contributed by atoms with van der Waals surface area (Å²) in [5.41, 5.74) is 0.991. The van der Waals surface area contributed by atoms with E-state index in [0.717, 1.165) is 11.8 Å². The summed E-state index contributed by atoms with van der Waals surface area (Å²) >= 11 is 0. The Morgan fingerprint density at radius 3 is 1.48 bits per heavy atom. The summed E-state index contributed by atoms with van der Waals surface area (Å²) in [4.78, 5) is 10.1. The van der Waals surface area contributed by atoms with Gasteiger partial charge in [-0.15, -0.1) is 9.78 Å². The van der Waals surface area contributed by atoms with Crippen LogP contribution in [0.1, 0.15) is 96.3 Å². The van der Waals surface area contributed by atoms with E-state index in [0.29, 0.717) is 13.0 Å². The average molecular weight is 356 g/mol. The molecule has 0 aromatic heterocycles. The maximum Gasteiger partial charge on any atom is 0.346 e. The summed E-state index contributed by atoms with van der Waals surface area (Å²) in [5.74, 6) is -1.26. The van der Waals surface area contributed by atoms with Crippen molar-refractivity contribution in [1.29, 1.82) is 0 Å². The lowest BCUT2D eigenvalue weighted by Crippen LogP contribution is -2.50. The first-order valence-electron chi connectivity index (χ1n) is 10.2. The predicted molar refractivity (Wildman–Crippen MR) is 88.2 cm³/mol. The van der Waals surface area contributed by atoms with Crippen molar-refractivity contribution in [1.82, 2.24) is 0 Å². The molecule has 2 heterocycles. The highest BCUT2D eigenvalue weighted by molar-refractivity contribution is 4.93. The molecule has 3 spiro atoms. The monoisotopic (exact) mass is 356 g/mol. The van der Waals surface area contributed by atoms with Crippen LogP contribution in [0.25, 0.3) is 0 Å². The molecule has 4 rings (SSSR count). The minimum atomic E-state index is -1.26. The van der Waals surface area contributed by atoms with Crippen molar-refractivity contribution in [2.75, 3.05) is 6.61 Å². The highest BCUT2D eigenvalue weighted by Gasteiger charge is 2.49. The quantitative estimate of drug-likeness (QED) is 0.551. The highest BCUT2D eigenvalue weighted by atomic mass is 17.8. The van der Waals surface area contributed by atoms with E-state index < -0.39 is 5.97 Å². The third-order valence-electron chi connectivity index (χ3n) is 6.97. The molecule has 0 aromatic rings. The molecule has 2 aliphatic carbocycles. The fourth-order valence-corrected chi connectivity index (χ4v) is 4.97. The Kier molecular flexibility index (Phi) is 5.65. The molecule has 144 valence electrons.